The van der Waals surface area contributed by atoms with E-state index in [1.807, 2.05) is 0 Å². The molecule has 0 spiro atoms. The van der Waals surface area contributed by atoms with E-state index in [4.69, 9.17) is 11.6 Å². The number of rotatable bonds is 6. The van der Waals surface area contributed by atoms with Crippen LogP contribution in [0.4, 0.5) is 4.39 Å². The van der Waals surface area contributed by atoms with Crippen LogP contribution in [0.1, 0.15) is 23.1 Å². The van der Waals surface area contributed by atoms with Crippen LogP contribution < -0.4 is 4.72 Å². The molecule has 0 unspecified atom stereocenters. The quantitative estimate of drug-likeness (QED) is 0.819. The summed E-state index contributed by atoms with van der Waals surface area (Å²) in [6, 6.07) is 3.29. The second-order valence-corrected chi connectivity index (χ2v) is 6.53. The molecule has 1 aromatic carbocycles. The molecule has 0 fully saturated rings. The van der Waals surface area contributed by atoms with Crippen molar-refractivity contribution in [2.75, 3.05) is 11.6 Å². The Balaban J connectivity index is 2.69. The molecule has 0 aliphatic rings. The van der Waals surface area contributed by atoms with Gasteiger partial charge in [0, 0.05) is 12.4 Å². The van der Waals surface area contributed by atoms with E-state index in [2.05, 4.69) is 4.72 Å². The molecule has 1 rings (SSSR count). The maximum Gasteiger partial charge on any atom is 0.211 e. The van der Waals surface area contributed by atoms with E-state index in [-0.39, 0.29) is 18.1 Å². The van der Waals surface area contributed by atoms with Crippen molar-refractivity contribution in [3.05, 3.63) is 34.6 Å². The Bertz CT molecular complexity index is 494. The molecule has 0 aliphatic heterocycles. The Morgan fingerprint density at radius 2 is 1.83 bits per heavy atom. The van der Waals surface area contributed by atoms with Crippen LogP contribution in [0.25, 0.3) is 0 Å². The van der Waals surface area contributed by atoms with Crippen LogP contribution in [0.15, 0.2) is 12.1 Å². The average Bonchev–Trinajstić information content (AvgIpc) is 2.31. The first-order valence-electron chi connectivity index (χ1n) is 5.64. The zero-order valence-electron chi connectivity index (χ0n) is 10.5. The molecule has 0 saturated heterocycles. The highest BCUT2D eigenvalue weighted by atomic mass is 35.5. The lowest BCUT2D eigenvalue weighted by Gasteiger charge is -2.09. The molecular formula is C12H17ClFNO2S. The lowest BCUT2D eigenvalue weighted by atomic mass is 10.1. The molecule has 0 aliphatic carbocycles. The molecule has 0 atom stereocenters. The number of sulfonamides is 1. The summed E-state index contributed by atoms with van der Waals surface area (Å²) in [5.41, 5.74) is 1.79. The smallest absolute Gasteiger partial charge is 0.211 e. The van der Waals surface area contributed by atoms with Crippen molar-refractivity contribution in [2.45, 2.75) is 26.8 Å². The number of hydrogen-bond acceptors (Lipinski definition) is 2. The number of benzene rings is 1. The Kier molecular flexibility index (Phi) is 5.56. The number of alkyl halides is 1. The molecule has 0 bridgehead atoms. The van der Waals surface area contributed by atoms with Gasteiger partial charge in [0.05, 0.1) is 5.75 Å². The molecule has 1 aromatic rings. The number of nitrogens with one attached hydrogen (secondary N) is 1. The van der Waals surface area contributed by atoms with Crippen molar-refractivity contribution >= 4 is 21.6 Å². The fourth-order valence-corrected chi connectivity index (χ4v) is 3.00. The monoisotopic (exact) mass is 293 g/mol. The Labute approximate surface area is 112 Å². The van der Waals surface area contributed by atoms with E-state index in [9.17, 15) is 12.8 Å². The summed E-state index contributed by atoms with van der Waals surface area (Å²) >= 11 is 5.45. The molecule has 102 valence electrons. The second kappa shape index (κ2) is 6.50. The fraction of sp³-hybridized carbons (Fsp3) is 0.500. The van der Waals surface area contributed by atoms with Crippen LogP contribution in [0.2, 0.25) is 0 Å². The molecule has 0 saturated carbocycles. The van der Waals surface area contributed by atoms with Gasteiger partial charge in [-0.2, -0.15) is 0 Å². The molecule has 0 aromatic heterocycles. The third-order valence-electron chi connectivity index (χ3n) is 2.54. The highest BCUT2D eigenvalue weighted by molar-refractivity contribution is 7.89. The minimum atomic E-state index is -3.31. The van der Waals surface area contributed by atoms with Crippen LogP contribution in [-0.4, -0.2) is 20.1 Å². The Morgan fingerprint density at radius 1 is 1.28 bits per heavy atom. The van der Waals surface area contributed by atoms with Gasteiger partial charge < -0.3 is 0 Å². The van der Waals surface area contributed by atoms with Gasteiger partial charge in [-0.05, 0) is 37.0 Å². The Hall–Kier alpha value is -0.650. The third kappa shape index (κ3) is 4.55. The van der Waals surface area contributed by atoms with Crippen molar-refractivity contribution in [1.29, 1.82) is 0 Å². The zero-order valence-corrected chi connectivity index (χ0v) is 12.0. The van der Waals surface area contributed by atoms with Crippen molar-refractivity contribution in [3.63, 3.8) is 0 Å². The molecule has 6 heteroatoms. The topological polar surface area (TPSA) is 46.2 Å². The van der Waals surface area contributed by atoms with Gasteiger partial charge >= 0.3 is 0 Å². The van der Waals surface area contributed by atoms with Gasteiger partial charge in [-0.3, -0.25) is 0 Å². The van der Waals surface area contributed by atoms with E-state index in [0.717, 1.165) is 5.56 Å². The van der Waals surface area contributed by atoms with Gasteiger partial charge in [0.2, 0.25) is 10.0 Å². The van der Waals surface area contributed by atoms with E-state index in [0.29, 0.717) is 23.4 Å². The van der Waals surface area contributed by atoms with Crippen molar-refractivity contribution in [1.82, 2.24) is 4.72 Å². The summed E-state index contributed by atoms with van der Waals surface area (Å²) in [7, 11) is -3.31. The van der Waals surface area contributed by atoms with Crippen molar-refractivity contribution in [3.8, 4) is 0 Å². The molecule has 18 heavy (non-hydrogen) atoms. The third-order valence-corrected chi connectivity index (χ3v) is 4.22. The molecule has 3 nitrogen and oxygen atoms in total. The first kappa shape index (κ1) is 15.4. The number of aryl methyl sites for hydroxylation is 2. The normalized spacial score (nSPS) is 11.8. The molecule has 0 amide bonds. The van der Waals surface area contributed by atoms with E-state index in [1.54, 1.807) is 26.0 Å². The standard InChI is InChI=1S/C12H17ClFNO2S/c1-9-6-11(7-10(2)12(9)14)8-15-18(16,17)5-3-4-13/h6-7,15H,3-5,8H2,1-2H3. The minimum absolute atomic E-state index is 0.00958. The summed E-state index contributed by atoms with van der Waals surface area (Å²) in [4.78, 5) is 0. The highest BCUT2D eigenvalue weighted by Gasteiger charge is 2.10. The molecule has 1 N–H and O–H groups in total. The predicted molar refractivity (Wildman–Crippen MR) is 71.8 cm³/mol. The van der Waals surface area contributed by atoms with Crippen molar-refractivity contribution in [2.24, 2.45) is 0 Å². The Morgan fingerprint density at radius 3 is 2.33 bits per heavy atom. The second-order valence-electron chi connectivity index (χ2n) is 4.23. The predicted octanol–water partition coefficient (Wildman–Crippen LogP) is 2.49. The summed E-state index contributed by atoms with van der Waals surface area (Å²) in [6.45, 7) is 3.49. The van der Waals surface area contributed by atoms with Crippen molar-refractivity contribution < 1.29 is 12.8 Å². The molecular weight excluding hydrogens is 277 g/mol. The first-order chi connectivity index (χ1) is 8.35. The number of hydrogen-bond donors (Lipinski definition) is 1. The average molecular weight is 294 g/mol. The number of halogens is 2. The zero-order chi connectivity index (χ0) is 13.8. The van der Waals surface area contributed by atoms with Gasteiger partial charge in [0.15, 0.2) is 0 Å². The fourth-order valence-electron chi connectivity index (χ4n) is 1.65. The van der Waals surface area contributed by atoms with E-state index in [1.165, 1.54) is 0 Å². The summed E-state index contributed by atoms with van der Waals surface area (Å²) in [5, 5.41) is 0. The largest absolute Gasteiger partial charge is 0.212 e. The summed E-state index contributed by atoms with van der Waals surface area (Å²) in [5.74, 6) is 0.0782. The van der Waals surface area contributed by atoms with Gasteiger partial charge in [0.25, 0.3) is 0 Å². The van der Waals surface area contributed by atoms with Gasteiger partial charge in [0.1, 0.15) is 5.82 Å². The molecule has 0 radical (unpaired) electrons. The van der Waals surface area contributed by atoms with Gasteiger partial charge in [-0.1, -0.05) is 12.1 Å². The van der Waals surface area contributed by atoms with Crippen LogP contribution >= 0.6 is 11.6 Å². The lowest BCUT2D eigenvalue weighted by molar-refractivity contribution is 0.579. The van der Waals surface area contributed by atoms with E-state index >= 15 is 0 Å². The van der Waals surface area contributed by atoms with Crippen LogP contribution in [-0.2, 0) is 16.6 Å². The van der Waals surface area contributed by atoms with Crippen LogP contribution in [0, 0.1) is 19.7 Å². The van der Waals surface area contributed by atoms with Gasteiger partial charge in [-0.15, -0.1) is 11.6 Å². The maximum absolute atomic E-state index is 13.4. The summed E-state index contributed by atoms with van der Waals surface area (Å²) < 4.78 is 39.0. The van der Waals surface area contributed by atoms with Crippen LogP contribution in [0.5, 0.6) is 0 Å². The highest BCUT2D eigenvalue weighted by Crippen LogP contribution is 2.14. The molecule has 0 heterocycles. The lowest BCUT2D eigenvalue weighted by Crippen LogP contribution is -2.26. The van der Waals surface area contributed by atoms with Gasteiger partial charge in [-0.25, -0.2) is 17.5 Å². The van der Waals surface area contributed by atoms with Crippen LogP contribution in [0.3, 0.4) is 0 Å². The maximum atomic E-state index is 13.4. The summed E-state index contributed by atoms with van der Waals surface area (Å²) in [6.07, 6.45) is 0.415. The minimum Gasteiger partial charge on any atom is -0.212 e. The SMILES string of the molecule is Cc1cc(CNS(=O)(=O)CCCCl)cc(C)c1F. The first-order valence-corrected chi connectivity index (χ1v) is 7.83. The van der Waals surface area contributed by atoms with E-state index < -0.39 is 10.0 Å².